The minimum Gasteiger partial charge on any atom is -0.444 e. The van der Waals surface area contributed by atoms with Gasteiger partial charge in [0.15, 0.2) is 5.96 Å². The van der Waals surface area contributed by atoms with Crippen LogP contribution < -0.4 is 10.6 Å². The molecular weight excluding hydrogens is 381 g/mol. The molecule has 8 heteroatoms. The molecule has 0 amide bonds. The molecule has 3 aromatic rings. The molecule has 5 nitrogen and oxygen atoms in total. The van der Waals surface area contributed by atoms with Crippen molar-refractivity contribution < 1.29 is 17.6 Å². The molecule has 29 heavy (non-hydrogen) atoms. The van der Waals surface area contributed by atoms with Gasteiger partial charge in [0.1, 0.15) is 6.26 Å². The van der Waals surface area contributed by atoms with Crippen molar-refractivity contribution >= 4 is 5.96 Å². The molecule has 0 spiro atoms. The Bertz CT molecular complexity index is 978. The van der Waals surface area contributed by atoms with Gasteiger partial charge in [-0.3, -0.25) is 4.99 Å². The van der Waals surface area contributed by atoms with Gasteiger partial charge in [0.05, 0.1) is 17.8 Å². The summed E-state index contributed by atoms with van der Waals surface area (Å²) < 4.78 is 44.0. The van der Waals surface area contributed by atoms with Gasteiger partial charge in [-0.25, -0.2) is 4.98 Å². The second-order valence-electron chi connectivity index (χ2n) is 6.49. The molecule has 0 aliphatic rings. The number of alkyl halides is 3. The van der Waals surface area contributed by atoms with Crippen molar-refractivity contribution in [3.05, 3.63) is 77.2 Å². The lowest BCUT2D eigenvalue weighted by molar-refractivity contribution is -0.137. The van der Waals surface area contributed by atoms with Crippen molar-refractivity contribution in [2.45, 2.75) is 26.2 Å². The molecular formula is C21H21F3N4O. The number of aryl methyl sites for hydroxylation is 1. The van der Waals surface area contributed by atoms with Crippen LogP contribution in [0, 0.1) is 6.92 Å². The zero-order valence-corrected chi connectivity index (χ0v) is 16.0. The molecule has 0 aliphatic heterocycles. The van der Waals surface area contributed by atoms with Crippen LogP contribution in [-0.2, 0) is 19.3 Å². The van der Waals surface area contributed by atoms with Crippen molar-refractivity contribution in [2.75, 3.05) is 7.05 Å². The summed E-state index contributed by atoms with van der Waals surface area (Å²) in [5, 5.41) is 6.06. The van der Waals surface area contributed by atoms with Gasteiger partial charge in [-0.05, 0) is 36.8 Å². The SMILES string of the molecule is CN=C(NCc1cccc(C(F)(F)F)c1)NCc1coc(-c2ccc(C)cc2)n1. The van der Waals surface area contributed by atoms with Crippen molar-refractivity contribution in [3.8, 4) is 11.5 Å². The highest BCUT2D eigenvalue weighted by atomic mass is 19.4. The lowest BCUT2D eigenvalue weighted by Gasteiger charge is -2.12. The zero-order chi connectivity index (χ0) is 20.9. The molecule has 1 heterocycles. The van der Waals surface area contributed by atoms with Crippen LogP contribution in [0.5, 0.6) is 0 Å². The van der Waals surface area contributed by atoms with Crippen LogP contribution >= 0.6 is 0 Å². The van der Waals surface area contributed by atoms with Crippen LogP contribution in [0.25, 0.3) is 11.5 Å². The number of oxazole rings is 1. The van der Waals surface area contributed by atoms with Gasteiger partial charge in [-0.15, -0.1) is 0 Å². The highest BCUT2D eigenvalue weighted by Gasteiger charge is 2.30. The Labute approximate surface area is 166 Å². The van der Waals surface area contributed by atoms with Crippen molar-refractivity contribution in [2.24, 2.45) is 4.99 Å². The molecule has 0 fully saturated rings. The van der Waals surface area contributed by atoms with E-state index in [-0.39, 0.29) is 6.54 Å². The lowest BCUT2D eigenvalue weighted by atomic mass is 10.1. The first-order valence-electron chi connectivity index (χ1n) is 8.97. The van der Waals surface area contributed by atoms with E-state index in [0.29, 0.717) is 29.7 Å². The topological polar surface area (TPSA) is 62.5 Å². The van der Waals surface area contributed by atoms with E-state index in [1.807, 2.05) is 31.2 Å². The highest BCUT2D eigenvalue weighted by molar-refractivity contribution is 5.79. The van der Waals surface area contributed by atoms with Crippen molar-refractivity contribution in [3.63, 3.8) is 0 Å². The number of nitrogens with one attached hydrogen (secondary N) is 2. The molecule has 0 atom stereocenters. The third-order valence-corrected chi connectivity index (χ3v) is 4.23. The summed E-state index contributed by atoms with van der Waals surface area (Å²) in [6.07, 6.45) is -2.81. The predicted molar refractivity (Wildman–Crippen MR) is 105 cm³/mol. The molecule has 0 aliphatic carbocycles. The van der Waals surface area contributed by atoms with Gasteiger partial charge in [0.2, 0.25) is 5.89 Å². The Morgan fingerprint density at radius 1 is 1.07 bits per heavy atom. The van der Waals surface area contributed by atoms with E-state index < -0.39 is 11.7 Å². The lowest BCUT2D eigenvalue weighted by Crippen LogP contribution is -2.36. The minimum absolute atomic E-state index is 0.205. The number of hydrogen-bond acceptors (Lipinski definition) is 3. The molecule has 152 valence electrons. The van der Waals surface area contributed by atoms with E-state index in [4.69, 9.17) is 4.42 Å². The summed E-state index contributed by atoms with van der Waals surface area (Å²) in [6, 6.07) is 13.0. The van der Waals surface area contributed by atoms with E-state index in [9.17, 15) is 13.2 Å². The quantitative estimate of drug-likeness (QED) is 0.486. The third kappa shape index (κ3) is 5.60. The smallest absolute Gasteiger partial charge is 0.416 e. The van der Waals surface area contributed by atoms with E-state index in [1.165, 1.54) is 6.07 Å². The maximum absolute atomic E-state index is 12.8. The average Bonchev–Trinajstić information content (AvgIpc) is 3.17. The first kappa shape index (κ1) is 20.4. The van der Waals surface area contributed by atoms with Gasteiger partial charge < -0.3 is 15.1 Å². The summed E-state index contributed by atoms with van der Waals surface area (Å²) >= 11 is 0. The predicted octanol–water partition coefficient (Wildman–Crippen LogP) is 4.53. The molecule has 3 rings (SSSR count). The zero-order valence-electron chi connectivity index (χ0n) is 16.0. The molecule has 2 N–H and O–H groups in total. The number of aromatic nitrogens is 1. The fourth-order valence-electron chi connectivity index (χ4n) is 2.66. The second-order valence-corrected chi connectivity index (χ2v) is 6.49. The molecule has 0 saturated carbocycles. The monoisotopic (exact) mass is 402 g/mol. The largest absolute Gasteiger partial charge is 0.444 e. The van der Waals surface area contributed by atoms with Crippen LogP contribution in [0.4, 0.5) is 13.2 Å². The molecule has 0 unspecified atom stereocenters. The second kappa shape index (κ2) is 8.81. The number of guanidine groups is 1. The molecule has 0 saturated heterocycles. The number of halogens is 3. The van der Waals surface area contributed by atoms with Crippen LogP contribution in [0.2, 0.25) is 0 Å². The van der Waals surface area contributed by atoms with Gasteiger partial charge in [-0.1, -0.05) is 29.8 Å². The number of nitrogens with zero attached hydrogens (tertiary/aromatic N) is 2. The first-order chi connectivity index (χ1) is 13.8. The van der Waals surface area contributed by atoms with Gasteiger partial charge in [0.25, 0.3) is 0 Å². The van der Waals surface area contributed by atoms with Crippen LogP contribution in [0.1, 0.15) is 22.4 Å². The van der Waals surface area contributed by atoms with E-state index in [2.05, 4.69) is 20.6 Å². The normalized spacial score (nSPS) is 12.1. The molecule has 0 radical (unpaired) electrons. The Balaban J connectivity index is 1.56. The summed E-state index contributed by atoms with van der Waals surface area (Å²) in [6.45, 7) is 2.57. The van der Waals surface area contributed by atoms with Gasteiger partial charge in [-0.2, -0.15) is 13.2 Å². The minimum atomic E-state index is -4.36. The summed E-state index contributed by atoms with van der Waals surface area (Å²) in [5.74, 6) is 0.969. The fraction of sp³-hybridized carbons (Fsp3) is 0.238. The fourth-order valence-corrected chi connectivity index (χ4v) is 2.66. The Hall–Kier alpha value is -3.29. The van der Waals surface area contributed by atoms with Gasteiger partial charge in [0, 0.05) is 19.2 Å². The van der Waals surface area contributed by atoms with E-state index in [1.54, 1.807) is 19.4 Å². The average molecular weight is 402 g/mol. The van der Waals surface area contributed by atoms with Crippen LogP contribution in [0.15, 0.2) is 64.2 Å². The maximum Gasteiger partial charge on any atom is 0.416 e. The standard InChI is InChI=1S/C21H21F3N4O/c1-14-6-8-16(9-7-14)19-28-18(13-29-19)12-27-20(25-2)26-11-15-4-3-5-17(10-15)21(22,23)24/h3-10,13H,11-12H2,1-2H3,(H2,25,26,27). The van der Waals surface area contributed by atoms with Crippen molar-refractivity contribution in [1.82, 2.24) is 15.6 Å². The number of aliphatic imine (C=N–C) groups is 1. The van der Waals surface area contributed by atoms with Gasteiger partial charge >= 0.3 is 6.18 Å². The summed E-state index contributed by atoms with van der Waals surface area (Å²) in [4.78, 5) is 8.51. The Morgan fingerprint density at radius 2 is 1.79 bits per heavy atom. The van der Waals surface area contributed by atoms with Crippen molar-refractivity contribution in [1.29, 1.82) is 0 Å². The maximum atomic E-state index is 12.8. The molecule has 1 aromatic heterocycles. The van der Waals surface area contributed by atoms with E-state index >= 15 is 0 Å². The van der Waals surface area contributed by atoms with E-state index in [0.717, 1.165) is 23.3 Å². The summed E-state index contributed by atoms with van der Waals surface area (Å²) in [7, 11) is 1.59. The Morgan fingerprint density at radius 3 is 2.48 bits per heavy atom. The first-order valence-corrected chi connectivity index (χ1v) is 8.97. The Kier molecular flexibility index (Phi) is 6.21. The molecule has 2 aromatic carbocycles. The number of rotatable bonds is 5. The highest BCUT2D eigenvalue weighted by Crippen LogP contribution is 2.29. The van der Waals surface area contributed by atoms with Crippen LogP contribution in [0.3, 0.4) is 0 Å². The van der Waals surface area contributed by atoms with Crippen LogP contribution in [-0.4, -0.2) is 18.0 Å². The third-order valence-electron chi connectivity index (χ3n) is 4.23. The number of hydrogen-bond donors (Lipinski definition) is 2. The summed E-state index contributed by atoms with van der Waals surface area (Å²) in [5.41, 5.74) is 2.55. The molecule has 0 bridgehead atoms. The number of benzene rings is 2.